The van der Waals surface area contributed by atoms with Crippen LogP contribution in [0.4, 0.5) is 5.69 Å². The number of rotatable bonds is 5. The van der Waals surface area contributed by atoms with Gasteiger partial charge in [-0.25, -0.2) is 0 Å². The van der Waals surface area contributed by atoms with Crippen molar-refractivity contribution in [2.45, 2.75) is 37.8 Å². The molecule has 42 heavy (non-hydrogen) atoms. The van der Waals surface area contributed by atoms with Crippen molar-refractivity contribution in [2.75, 3.05) is 14.1 Å². The van der Waals surface area contributed by atoms with Crippen LogP contribution in [0.5, 0.6) is 5.75 Å². The van der Waals surface area contributed by atoms with Crippen LogP contribution in [0.25, 0.3) is 16.9 Å². The fraction of sp³-hybridized carbons (Fsp3) is 0.345. The van der Waals surface area contributed by atoms with Gasteiger partial charge >= 0.3 is 0 Å². The van der Waals surface area contributed by atoms with Crippen LogP contribution in [0, 0.1) is 22.0 Å². The molecule has 2 aromatic carbocycles. The fourth-order valence-corrected chi connectivity index (χ4v) is 6.68. The summed E-state index contributed by atoms with van der Waals surface area (Å²) in [6, 6.07) is 6.40. The van der Waals surface area contributed by atoms with E-state index in [1.165, 1.54) is 37.2 Å². The number of aryl methyl sites for hydroxylation is 1. The number of benzene rings is 2. The molecule has 1 fully saturated rings. The third-order valence-electron chi connectivity index (χ3n) is 8.55. The number of nitro benzene ring substituents is 1. The van der Waals surface area contributed by atoms with Gasteiger partial charge in [-0.2, -0.15) is 0 Å². The number of carbonyl (C=O) groups excluding carboxylic acids is 3. The van der Waals surface area contributed by atoms with Crippen molar-refractivity contribution in [3.63, 3.8) is 0 Å². The van der Waals surface area contributed by atoms with Crippen molar-refractivity contribution in [3.05, 3.63) is 74.0 Å². The number of Topliss-reactive ketones (excluding diaryl/α,β-unsaturated/α-hetero) is 2. The number of ketones is 2. The Hall–Kier alpha value is -4.59. The molecule has 0 heterocycles. The maximum absolute atomic E-state index is 14.0. The van der Waals surface area contributed by atoms with Gasteiger partial charge in [-0.05, 0) is 67.6 Å². The van der Waals surface area contributed by atoms with Gasteiger partial charge in [0.05, 0.1) is 16.5 Å². The Labute approximate surface area is 240 Å². The number of nitrogens with zero attached hydrogens (tertiary/aromatic N) is 2. The van der Waals surface area contributed by atoms with E-state index in [4.69, 9.17) is 5.73 Å². The topological polar surface area (TPSA) is 240 Å². The molecule has 4 atom stereocenters. The third-order valence-corrected chi connectivity index (χ3v) is 8.55. The summed E-state index contributed by atoms with van der Waals surface area (Å²) in [5.74, 6) is -7.26. The number of nitrogens with two attached hydrogens (primary N) is 1. The van der Waals surface area contributed by atoms with Crippen LogP contribution in [0.15, 0.2) is 47.2 Å². The molecule has 3 aliphatic rings. The summed E-state index contributed by atoms with van der Waals surface area (Å²) in [6.45, 7) is 1.77. The summed E-state index contributed by atoms with van der Waals surface area (Å²) >= 11 is 0. The smallest absolute Gasteiger partial charge is 0.270 e. The second-order valence-electron chi connectivity index (χ2n) is 10.9. The summed E-state index contributed by atoms with van der Waals surface area (Å²) in [5.41, 5.74) is 3.10. The van der Waals surface area contributed by atoms with E-state index in [1.807, 2.05) is 0 Å². The van der Waals surface area contributed by atoms with Gasteiger partial charge in [-0.15, -0.1) is 0 Å². The van der Waals surface area contributed by atoms with Gasteiger partial charge in [-0.1, -0.05) is 19.1 Å². The van der Waals surface area contributed by atoms with Crippen molar-refractivity contribution in [1.82, 2.24) is 11.1 Å². The molecule has 1 saturated carbocycles. The molecule has 0 radical (unpaired) electrons. The summed E-state index contributed by atoms with van der Waals surface area (Å²) in [6.07, 6.45) is 0.339. The minimum absolute atomic E-state index is 0. The van der Waals surface area contributed by atoms with Crippen molar-refractivity contribution < 1.29 is 39.7 Å². The van der Waals surface area contributed by atoms with Gasteiger partial charge in [0.15, 0.2) is 11.4 Å². The number of likely N-dealkylation sites (N-methyl/N-ethyl adjacent to an activating group) is 1. The Bertz CT molecular complexity index is 1630. The molecule has 0 bridgehead atoms. The molecule has 0 spiro atoms. The number of carbonyl (C=O) groups is 3. The van der Waals surface area contributed by atoms with Crippen molar-refractivity contribution in [2.24, 2.45) is 17.6 Å². The Morgan fingerprint density at radius 3 is 2.43 bits per heavy atom. The van der Waals surface area contributed by atoms with Gasteiger partial charge in [0.25, 0.3) is 11.6 Å². The quantitative estimate of drug-likeness (QED) is 0.170. The van der Waals surface area contributed by atoms with Crippen molar-refractivity contribution in [1.29, 1.82) is 0 Å². The van der Waals surface area contributed by atoms with Gasteiger partial charge in [0.2, 0.25) is 5.78 Å². The van der Waals surface area contributed by atoms with Crippen LogP contribution >= 0.6 is 0 Å². The predicted molar refractivity (Wildman–Crippen MR) is 151 cm³/mol. The summed E-state index contributed by atoms with van der Waals surface area (Å²) in [4.78, 5) is 51.8. The van der Waals surface area contributed by atoms with Gasteiger partial charge in [0, 0.05) is 23.6 Å². The monoisotopic (exact) mass is 580 g/mol. The number of fused-ring (bicyclic) bond motifs is 3. The zero-order valence-corrected chi connectivity index (χ0v) is 23.2. The van der Waals surface area contributed by atoms with E-state index in [0.717, 1.165) is 0 Å². The Balaban J connectivity index is 0.00000405. The second kappa shape index (κ2) is 10.4. The highest BCUT2D eigenvalue weighted by Crippen LogP contribution is 2.54. The fourth-order valence-electron chi connectivity index (χ4n) is 6.68. The molecule has 0 unspecified atom stereocenters. The van der Waals surface area contributed by atoms with Crippen LogP contribution in [0.1, 0.15) is 30.0 Å². The summed E-state index contributed by atoms with van der Waals surface area (Å²) < 4.78 is 0. The lowest BCUT2D eigenvalue weighted by molar-refractivity contribution is -0.384. The highest BCUT2D eigenvalue weighted by Gasteiger charge is 2.64. The molecule has 0 aromatic heterocycles. The number of hydrogen-bond donors (Lipinski definition) is 6. The molecule has 222 valence electrons. The molecule has 13 nitrogen and oxygen atoms in total. The van der Waals surface area contributed by atoms with Crippen LogP contribution in [0.2, 0.25) is 0 Å². The van der Waals surface area contributed by atoms with Crippen LogP contribution < -0.4 is 11.9 Å². The third kappa shape index (κ3) is 4.08. The van der Waals surface area contributed by atoms with E-state index < -0.39 is 63.0 Å². The summed E-state index contributed by atoms with van der Waals surface area (Å²) in [5, 5.41) is 56.9. The minimum atomic E-state index is -2.73. The highest BCUT2D eigenvalue weighted by molar-refractivity contribution is 6.24. The number of phenols is 1. The second-order valence-corrected chi connectivity index (χ2v) is 10.9. The van der Waals surface area contributed by atoms with E-state index in [1.54, 1.807) is 19.1 Å². The number of amides is 1. The maximum atomic E-state index is 14.0. The molecule has 1 amide bonds. The van der Waals surface area contributed by atoms with E-state index in [2.05, 4.69) is 0 Å². The Morgan fingerprint density at radius 2 is 1.86 bits per heavy atom. The van der Waals surface area contributed by atoms with Gasteiger partial charge in [0.1, 0.15) is 22.8 Å². The zero-order valence-electron chi connectivity index (χ0n) is 23.2. The van der Waals surface area contributed by atoms with E-state index in [-0.39, 0.29) is 41.6 Å². The number of phenolic OH excluding ortho intramolecular Hbond substituents is 1. The van der Waals surface area contributed by atoms with Crippen molar-refractivity contribution in [3.8, 4) is 16.9 Å². The molecule has 5 rings (SSSR count). The zero-order chi connectivity index (χ0) is 30.1. The summed E-state index contributed by atoms with van der Waals surface area (Å²) in [7, 11) is 3.05. The number of aliphatic hydroxyl groups is 3. The predicted octanol–water partition coefficient (Wildman–Crippen LogP) is 2.26. The van der Waals surface area contributed by atoms with Crippen LogP contribution in [0.3, 0.4) is 0 Å². The van der Waals surface area contributed by atoms with Crippen LogP contribution in [-0.4, -0.2) is 73.5 Å². The maximum Gasteiger partial charge on any atom is 0.270 e. The van der Waals surface area contributed by atoms with Gasteiger partial charge in [-0.3, -0.25) is 29.4 Å². The first-order valence-corrected chi connectivity index (χ1v) is 13.0. The number of non-ortho nitro benzene ring substituents is 1. The lowest BCUT2D eigenvalue weighted by Crippen LogP contribution is -2.65. The number of nitro groups is 1. The standard InChI is InChI=1S/C29H29N3O9.H3N/c1-4-12-9-16(13-6-5-7-15(8-13)32(40)41)17-10-14-11-18-22(31(2)3)25(35)21(28(30)38)27(37)29(18,39)26(36)19(14)24(34)20(17)23(12)33;/h5-9,14,18,22,33-34,37,39H,4,10-11H2,1-3H3,(H2,30,38);1H3/t14-,18-,22-,29-;/m0./s1. The lowest BCUT2D eigenvalue weighted by Gasteiger charge is -2.50. The normalized spacial score (nSPS) is 25.0. The van der Waals surface area contributed by atoms with E-state index in [9.17, 15) is 44.9 Å². The van der Waals surface area contributed by atoms with E-state index >= 15 is 0 Å². The average Bonchev–Trinajstić information content (AvgIpc) is 2.90. The Kier molecular flexibility index (Phi) is 7.49. The first-order valence-electron chi connectivity index (χ1n) is 13.0. The van der Waals surface area contributed by atoms with Crippen molar-refractivity contribution >= 4 is 28.9 Å². The average molecular weight is 581 g/mol. The van der Waals surface area contributed by atoms with E-state index in [0.29, 0.717) is 28.7 Å². The molecular formula is C29H32N4O9. The van der Waals surface area contributed by atoms with Crippen LogP contribution in [-0.2, 0) is 27.2 Å². The molecule has 0 saturated heterocycles. The largest absolute Gasteiger partial charge is 0.508 e. The molecule has 3 aliphatic carbocycles. The SMILES string of the molecule is CCc1cc(-c2cccc([N+](=O)[O-])c2)c2c(c1O)C(O)=C1C(=O)[C@]3(O)C(O)=C(C(N)=O)C(=O)[C@@H](N(C)C)[C@@H]3C[C@@H]1C2.N. The molecule has 0 aliphatic heterocycles. The lowest BCUT2D eigenvalue weighted by atomic mass is 9.57. The number of hydrogen-bond acceptors (Lipinski definition) is 11. The Morgan fingerprint density at radius 1 is 1.19 bits per heavy atom. The molecular weight excluding hydrogens is 548 g/mol. The first-order chi connectivity index (χ1) is 19.2. The highest BCUT2D eigenvalue weighted by atomic mass is 16.6. The molecule has 9 N–H and O–H groups in total. The molecule has 13 heteroatoms. The van der Waals surface area contributed by atoms with Gasteiger partial charge < -0.3 is 32.3 Å². The first kappa shape index (κ1) is 30.4. The minimum Gasteiger partial charge on any atom is -0.508 e. The molecule has 2 aromatic rings. The number of aliphatic hydroxyl groups excluding tert-OH is 2. The number of primary amides is 1. The number of aromatic hydroxyl groups is 1.